The summed E-state index contributed by atoms with van der Waals surface area (Å²) in [6.07, 6.45) is 0. The van der Waals surface area contributed by atoms with E-state index < -0.39 is 20.0 Å². The molecule has 7 nitrogen and oxygen atoms in total. The fraction of sp³-hybridized carbons (Fsp3) is 0.500. The van der Waals surface area contributed by atoms with Crippen LogP contribution in [0.5, 0.6) is 0 Å². The number of nitrogen functional groups attached to an aromatic ring is 1. The largest absolute Gasteiger partial charge is 0.398 e. The van der Waals surface area contributed by atoms with Gasteiger partial charge in [0.2, 0.25) is 20.0 Å². The first-order valence-electron chi connectivity index (χ1n) is 6.43. The Morgan fingerprint density at radius 1 is 1.10 bits per heavy atom. The molecular formula is C12H21N3O4S2. The predicted molar refractivity (Wildman–Crippen MR) is 83.0 cm³/mol. The molecule has 0 amide bonds. The summed E-state index contributed by atoms with van der Waals surface area (Å²) in [6.45, 7) is 5.28. The molecule has 0 aliphatic heterocycles. The fourth-order valence-electron chi connectivity index (χ4n) is 1.69. The average Bonchev–Trinajstić information content (AvgIpc) is 2.34. The number of benzene rings is 1. The highest BCUT2D eigenvalue weighted by atomic mass is 32.2. The Labute approximate surface area is 126 Å². The van der Waals surface area contributed by atoms with E-state index in [0.717, 1.165) is 11.1 Å². The number of aryl methyl sites for hydroxylation is 1. The summed E-state index contributed by atoms with van der Waals surface area (Å²) in [4.78, 5) is 0.0314. The van der Waals surface area contributed by atoms with E-state index in [9.17, 15) is 16.8 Å². The number of nitrogens with two attached hydrogens (primary N) is 1. The molecule has 0 unspecified atom stereocenters. The summed E-state index contributed by atoms with van der Waals surface area (Å²) in [5, 5.41) is 0. The Bertz CT molecular complexity index is 689. The molecule has 0 radical (unpaired) electrons. The van der Waals surface area contributed by atoms with Gasteiger partial charge in [0, 0.05) is 18.8 Å². The standard InChI is InChI=1S/C12H21N3O4S2/c1-4-14-20(16,17)6-5-15-21(18,19)11-7-9(2)10(3)12(13)8-11/h7-8,14-15H,4-6,13H2,1-3H3. The molecule has 0 heterocycles. The van der Waals surface area contributed by atoms with Gasteiger partial charge in [-0.3, -0.25) is 0 Å². The average molecular weight is 335 g/mol. The van der Waals surface area contributed by atoms with Crippen LogP contribution in [0.4, 0.5) is 5.69 Å². The molecule has 0 saturated heterocycles. The number of hydrogen-bond donors (Lipinski definition) is 3. The van der Waals surface area contributed by atoms with Crippen molar-refractivity contribution < 1.29 is 16.8 Å². The highest BCUT2D eigenvalue weighted by molar-refractivity contribution is 7.90. The van der Waals surface area contributed by atoms with Crippen LogP contribution in [0, 0.1) is 13.8 Å². The van der Waals surface area contributed by atoms with E-state index in [1.165, 1.54) is 12.1 Å². The zero-order valence-electron chi connectivity index (χ0n) is 12.3. The van der Waals surface area contributed by atoms with Crippen LogP contribution >= 0.6 is 0 Å². The number of hydrogen-bond acceptors (Lipinski definition) is 5. The third kappa shape index (κ3) is 4.95. The minimum Gasteiger partial charge on any atom is -0.398 e. The Hall–Kier alpha value is -1.16. The minimum atomic E-state index is -3.78. The lowest BCUT2D eigenvalue weighted by Crippen LogP contribution is -2.34. The van der Waals surface area contributed by atoms with Crippen LogP contribution in [0.3, 0.4) is 0 Å². The smallest absolute Gasteiger partial charge is 0.240 e. The Morgan fingerprint density at radius 3 is 2.24 bits per heavy atom. The molecule has 1 aromatic carbocycles. The first-order chi connectivity index (χ1) is 9.59. The van der Waals surface area contributed by atoms with Gasteiger partial charge >= 0.3 is 0 Å². The molecule has 1 rings (SSSR count). The fourth-order valence-corrected chi connectivity index (χ4v) is 3.93. The quantitative estimate of drug-likeness (QED) is 0.611. The van der Waals surface area contributed by atoms with Gasteiger partial charge in [-0.25, -0.2) is 26.3 Å². The molecule has 9 heteroatoms. The topological polar surface area (TPSA) is 118 Å². The summed E-state index contributed by atoms with van der Waals surface area (Å²) in [5.74, 6) is -0.319. The summed E-state index contributed by atoms with van der Waals surface area (Å²) < 4.78 is 51.7. The lowest BCUT2D eigenvalue weighted by molar-refractivity contribution is 0.576. The van der Waals surface area contributed by atoms with Gasteiger partial charge in [-0.1, -0.05) is 6.92 Å². The Kier molecular flexibility index (Phi) is 5.74. The SMILES string of the molecule is CCNS(=O)(=O)CCNS(=O)(=O)c1cc(C)c(C)c(N)c1. The molecule has 1 aromatic rings. The Morgan fingerprint density at radius 2 is 1.71 bits per heavy atom. The van der Waals surface area contributed by atoms with Crippen molar-refractivity contribution >= 4 is 25.7 Å². The molecule has 0 saturated carbocycles. The van der Waals surface area contributed by atoms with Crippen molar-refractivity contribution in [3.8, 4) is 0 Å². The van der Waals surface area contributed by atoms with Gasteiger partial charge in [-0.2, -0.15) is 0 Å². The van der Waals surface area contributed by atoms with Crippen molar-refractivity contribution in [1.29, 1.82) is 0 Å². The highest BCUT2D eigenvalue weighted by Gasteiger charge is 2.17. The van der Waals surface area contributed by atoms with Gasteiger partial charge in [0.05, 0.1) is 10.6 Å². The third-order valence-corrected chi connectivity index (χ3v) is 5.93. The molecule has 120 valence electrons. The van der Waals surface area contributed by atoms with E-state index in [2.05, 4.69) is 9.44 Å². The van der Waals surface area contributed by atoms with Crippen LogP contribution in [0.1, 0.15) is 18.1 Å². The maximum absolute atomic E-state index is 12.1. The van der Waals surface area contributed by atoms with Crippen molar-refractivity contribution in [1.82, 2.24) is 9.44 Å². The molecule has 0 aromatic heterocycles. The lowest BCUT2D eigenvalue weighted by Gasteiger charge is -2.11. The van der Waals surface area contributed by atoms with Gasteiger partial charge in [-0.05, 0) is 37.1 Å². The van der Waals surface area contributed by atoms with E-state index in [1.54, 1.807) is 20.8 Å². The van der Waals surface area contributed by atoms with Crippen molar-refractivity contribution in [2.75, 3.05) is 24.6 Å². The van der Waals surface area contributed by atoms with Crippen molar-refractivity contribution in [3.05, 3.63) is 23.3 Å². The van der Waals surface area contributed by atoms with Crippen LogP contribution in [0.25, 0.3) is 0 Å². The second-order valence-corrected chi connectivity index (χ2v) is 8.36. The van der Waals surface area contributed by atoms with Crippen LogP contribution in [-0.4, -0.2) is 35.7 Å². The van der Waals surface area contributed by atoms with E-state index in [4.69, 9.17) is 5.73 Å². The van der Waals surface area contributed by atoms with Crippen molar-refractivity contribution in [2.45, 2.75) is 25.7 Å². The van der Waals surface area contributed by atoms with Crippen LogP contribution in [0.15, 0.2) is 17.0 Å². The third-order valence-electron chi connectivity index (χ3n) is 3.02. The molecule has 0 spiro atoms. The van der Waals surface area contributed by atoms with Crippen molar-refractivity contribution in [2.24, 2.45) is 0 Å². The van der Waals surface area contributed by atoms with Crippen LogP contribution in [-0.2, 0) is 20.0 Å². The molecular weight excluding hydrogens is 314 g/mol. The van der Waals surface area contributed by atoms with E-state index in [1.807, 2.05) is 0 Å². The zero-order chi connectivity index (χ0) is 16.3. The molecule has 0 fully saturated rings. The molecule has 0 bridgehead atoms. The molecule has 4 N–H and O–H groups in total. The summed E-state index contributed by atoms with van der Waals surface area (Å²) in [7, 11) is -7.24. The predicted octanol–water partition coefficient (Wildman–Crippen LogP) is 0.103. The van der Waals surface area contributed by atoms with E-state index >= 15 is 0 Å². The van der Waals surface area contributed by atoms with Gasteiger partial charge < -0.3 is 5.73 Å². The van der Waals surface area contributed by atoms with Crippen LogP contribution < -0.4 is 15.2 Å². The number of nitrogens with one attached hydrogen (secondary N) is 2. The number of anilines is 1. The van der Waals surface area contributed by atoms with Crippen molar-refractivity contribution in [3.63, 3.8) is 0 Å². The molecule has 21 heavy (non-hydrogen) atoms. The van der Waals surface area contributed by atoms with Gasteiger partial charge in [0.25, 0.3) is 0 Å². The maximum Gasteiger partial charge on any atom is 0.240 e. The Balaban J connectivity index is 2.84. The summed E-state index contributed by atoms with van der Waals surface area (Å²) in [6, 6.07) is 2.87. The summed E-state index contributed by atoms with van der Waals surface area (Å²) >= 11 is 0. The molecule has 0 aliphatic carbocycles. The molecule has 0 atom stereocenters. The van der Waals surface area contributed by atoms with Crippen LogP contribution in [0.2, 0.25) is 0 Å². The first kappa shape index (κ1) is 17.9. The minimum absolute atomic E-state index is 0.0314. The zero-order valence-corrected chi connectivity index (χ0v) is 13.9. The monoisotopic (exact) mass is 335 g/mol. The van der Waals surface area contributed by atoms with E-state index in [0.29, 0.717) is 5.69 Å². The second kappa shape index (κ2) is 6.73. The van der Waals surface area contributed by atoms with Gasteiger partial charge in [0.1, 0.15) is 0 Å². The number of rotatable bonds is 7. The first-order valence-corrected chi connectivity index (χ1v) is 9.56. The second-order valence-electron chi connectivity index (χ2n) is 4.67. The summed E-state index contributed by atoms with van der Waals surface area (Å²) in [5.41, 5.74) is 7.73. The number of sulfonamides is 2. The molecule has 0 aliphatic rings. The lowest BCUT2D eigenvalue weighted by atomic mass is 10.1. The highest BCUT2D eigenvalue weighted by Crippen LogP contribution is 2.21. The maximum atomic E-state index is 12.1. The normalized spacial score (nSPS) is 12.5. The van der Waals surface area contributed by atoms with Gasteiger partial charge in [0.15, 0.2) is 0 Å². The van der Waals surface area contributed by atoms with Gasteiger partial charge in [-0.15, -0.1) is 0 Å². The van der Waals surface area contributed by atoms with E-state index in [-0.39, 0.29) is 23.7 Å².